The lowest BCUT2D eigenvalue weighted by Gasteiger charge is -2.26. The second-order valence-electron chi connectivity index (χ2n) is 9.43. The average molecular weight is 497 g/mol. The van der Waals surface area contributed by atoms with Gasteiger partial charge in [-0.25, -0.2) is 14.6 Å². The lowest BCUT2D eigenvalue weighted by molar-refractivity contribution is -0.138. The predicted molar refractivity (Wildman–Crippen MR) is 124 cm³/mol. The number of methoxy groups -OCH3 is 1. The summed E-state index contributed by atoms with van der Waals surface area (Å²) in [4.78, 5) is 40.6. The number of hydrogen-bond donors (Lipinski definition) is 0. The summed E-state index contributed by atoms with van der Waals surface area (Å²) in [6.07, 6.45) is 7.35. The molecule has 1 saturated heterocycles. The van der Waals surface area contributed by atoms with Gasteiger partial charge < -0.3 is 9.64 Å². The number of alkyl halides is 2. The van der Waals surface area contributed by atoms with Gasteiger partial charge in [0.1, 0.15) is 0 Å². The zero-order valence-electron chi connectivity index (χ0n) is 20.2. The van der Waals surface area contributed by atoms with E-state index in [1.807, 2.05) is 19.1 Å². The zero-order valence-corrected chi connectivity index (χ0v) is 20.2. The lowest BCUT2D eigenvalue weighted by atomic mass is 9.96. The molecule has 0 radical (unpaired) electrons. The number of aromatic nitrogens is 5. The monoisotopic (exact) mass is 496 g/mol. The van der Waals surface area contributed by atoms with E-state index in [0.29, 0.717) is 29.6 Å². The van der Waals surface area contributed by atoms with E-state index in [4.69, 9.17) is 9.72 Å². The molecule has 1 saturated carbocycles. The van der Waals surface area contributed by atoms with E-state index in [0.717, 1.165) is 22.5 Å². The number of carbonyl (C=O) groups excluding carboxylic acids is 2. The van der Waals surface area contributed by atoms with Crippen LogP contribution in [0.2, 0.25) is 0 Å². The SMILES string of the molecule is COc1ncc(-c2ccc(C3CC34CCN(C(Cc3cnn(C(F)F)c3)C(C)=O)C4=O)c(C)n2)cn1. The first kappa shape index (κ1) is 24.0. The minimum atomic E-state index is -2.75. The van der Waals surface area contributed by atoms with Crippen LogP contribution in [0.25, 0.3) is 11.3 Å². The fraction of sp³-hybridized carbons (Fsp3) is 0.440. The van der Waals surface area contributed by atoms with Gasteiger partial charge >= 0.3 is 12.6 Å². The maximum Gasteiger partial charge on any atom is 0.333 e. The summed E-state index contributed by atoms with van der Waals surface area (Å²) in [7, 11) is 1.50. The number of hydrogen-bond acceptors (Lipinski definition) is 7. The average Bonchev–Trinajstić information content (AvgIpc) is 3.22. The molecule has 4 heterocycles. The number of ether oxygens (including phenoxy) is 1. The molecule has 9 nitrogen and oxygen atoms in total. The van der Waals surface area contributed by atoms with Crippen LogP contribution in [0.5, 0.6) is 6.01 Å². The van der Waals surface area contributed by atoms with Crippen molar-refractivity contribution in [3.8, 4) is 17.3 Å². The third-order valence-corrected chi connectivity index (χ3v) is 7.30. The van der Waals surface area contributed by atoms with Crippen molar-refractivity contribution in [3.63, 3.8) is 0 Å². The standard InChI is InChI=1S/C25H26F2N6O3/c1-14-18(4-5-20(31-14)17-11-28-24(36-3)29-12-17)19-9-25(19)6-7-32(22(25)35)21(15(2)34)8-16-10-30-33(13-16)23(26)27/h4-5,10-13,19,21,23H,6-9H2,1-3H3. The zero-order chi connectivity index (χ0) is 25.6. The Bertz CT molecular complexity index is 1310. The minimum Gasteiger partial charge on any atom is -0.467 e. The normalized spacial score (nSPS) is 21.9. The minimum absolute atomic E-state index is 0.0258. The van der Waals surface area contributed by atoms with E-state index < -0.39 is 18.0 Å². The molecule has 3 aromatic rings. The Kier molecular flexibility index (Phi) is 6.01. The molecule has 11 heteroatoms. The van der Waals surface area contributed by atoms with E-state index in [1.54, 1.807) is 17.3 Å². The van der Waals surface area contributed by atoms with Crippen molar-refractivity contribution < 1.29 is 23.1 Å². The Balaban J connectivity index is 1.32. The van der Waals surface area contributed by atoms with E-state index in [9.17, 15) is 18.4 Å². The second kappa shape index (κ2) is 9.03. The van der Waals surface area contributed by atoms with Gasteiger partial charge in [0.25, 0.3) is 0 Å². The van der Waals surface area contributed by atoms with Crippen molar-refractivity contribution in [2.45, 2.75) is 51.6 Å². The number of Topliss-reactive ketones (excluding diaryl/α,β-unsaturated/α-hetero) is 1. The van der Waals surface area contributed by atoms with Gasteiger partial charge in [-0.15, -0.1) is 0 Å². The van der Waals surface area contributed by atoms with Gasteiger partial charge in [-0.3, -0.25) is 14.6 Å². The third kappa shape index (κ3) is 4.12. The van der Waals surface area contributed by atoms with Gasteiger partial charge in [-0.1, -0.05) is 6.07 Å². The van der Waals surface area contributed by atoms with Crippen molar-refractivity contribution in [2.24, 2.45) is 5.41 Å². The molecule has 2 aliphatic rings. The van der Waals surface area contributed by atoms with Gasteiger partial charge in [0.2, 0.25) is 5.91 Å². The smallest absolute Gasteiger partial charge is 0.333 e. The highest BCUT2D eigenvalue weighted by Gasteiger charge is 2.65. The molecular weight excluding hydrogens is 470 g/mol. The Morgan fingerprint density at radius 1 is 1.25 bits per heavy atom. The molecule has 3 aromatic heterocycles. The van der Waals surface area contributed by atoms with Crippen LogP contribution < -0.4 is 4.74 Å². The summed E-state index contributed by atoms with van der Waals surface area (Å²) in [5.41, 5.74) is 3.29. The molecule has 2 fully saturated rings. The molecular formula is C25H26F2N6O3. The number of carbonyl (C=O) groups is 2. The highest BCUT2D eigenvalue weighted by Crippen LogP contribution is 2.65. The molecule has 0 bridgehead atoms. The second-order valence-corrected chi connectivity index (χ2v) is 9.43. The Morgan fingerprint density at radius 2 is 2.00 bits per heavy atom. The first-order valence-electron chi connectivity index (χ1n) is 11.7. The Labute approximate surface area is 206 Å². The van der Waals surface area contributed by atoms with E-state index in [-0.39, 0.29) is 30.0 Å². The van der Waals surface area contributed by atoms with Crippen molar-refractivity contribution in [1.29, 1.82) is 0 Å². The molecule has 3 unspecified atom stereocenters. The molecule has 1 spiro atoms. The van der Waals surface area contributed by atoms with Crippen LogP contribution in [-0.2, 0) is 16.0 Å². The fourth-order valence-electron chi connectivity index (χ4n) is 5.28. The summed E-state index contributed by atoms with van der Waals surface area (Å²) >= 11 is 0. The fourth-order valence-corrected chi connectivity index (χ4v) is 5.28. The molecule has 3 atom stereocenters. The van der Waals surface area contributed by atoms with Crippen molar-refractivity contribution >= 4 is 11.7 Å². The van der Waals surface area contributed by atoms with Crippen molar-refractivity contribution in [3.05, 3.63) is 53.7 Å². The Hall–Kier alpha value is -3.76. The number of rotatable bonds is 8. The van der Waals surface area contributed by atoms with Gasteiger partial charge in [0, 0.05) is 48.7 Å². The highest BCUT2D eigenvalue weighted by atomic mass is 19.3. The molecule has 36 heavy (non-hydrogen) atoms. The lowest BCUT2D eigenvalue weighted by Crippen LogP contribution is -2.43. The van der Waals surface area contributed by atoms with Gasteiger partial charge in [0.05, 0.1) is 30.5 Å². The van der Waals surface area contributed by atoms with E-state index in [1.165, 1.54) is 26.4 Å². The maximum atomic E-state index is 13.6. The van der Waals surface area contributed by atoms with Gasteiger partial charge in [0.15, 0.2) is 5.78 Å². The number of likely N-dealkylation sites (tertiary alicyclic amines) is 1. The Morgan fingerprint density at radius 3 is 2.61 bits per heavy atom. The summed E-state index contributed by atoms with van der Waals surface area (Å²) in [5.74, 6) is -0.204. The molecule has 5 rings (SSSR count). The molecule has 1 aliphatic carbocycles. The molecule has 188 valence electrons. The van der Waals surface area contributed by atoms with Crippen LogP contribution in [0.1, 0.15) is 49.1 Å². The number of nitrogens with zero attached hydrogens (tertiary/aromatic N) is 6. The van der Waals surface area contributed by atoms with Gasteiger partial charge in [-0.05, 0) is 43.9 Å². The summed E-state index contributed by atoms with van der Waals surface area (Å²) in [6.45, 7) is 1.06. The van der Waals surface area contributed by atoms with E-state index in [2.05, 4.69) is 15.1 Å². The first-order valence-corrected chi connectivity index (χ1v) is 11.7. The summed E-state index contributed by atoms with van der Waals surface area (Å²) in [5, 5.41) is 3.64. The van der Waals surface area contributed by atoms with Crippen molar-refractivity contribution in [1.82, 2.24) is 29.6 Å². The quantitative estimate of drug-likeness (QED) is 0.471. The predicted octanol–water partition coefficient (Wildman–Crippen LogP) is 3.35. The third-order valence-electron chi connectivity index (χ3n) is 7.30. The number of amides is 1. The van der Waals surface area contributed by atoms with Crippen LogP contribution in [0.3, 0.4) is 0 Å². The van der Waals surface area contributed by atoms with Crippen LogP contribution in [-0.4, -0.2) is 61.0 Å². The molecule has 0 N–H and O–H groups in total. The highest BCUT2D eigenvalue weighted by molar-refractivity contribution is 5.94. The molecule has 1 amide bonds. The number of ketones is 1. The number of pyridine rings is 1. The van der Waals surface area contributed by atoms with Gasteiger partial charge in [-0.2, -0.15) is 13.9 Å². The van der Waals surface area contributed by atoms with Crippen LogP contribution in [0.15, 0.2) is 36.9 Å². The number of halogens is 2. The van der Waals surface area contributed by atoms with E-state index >= 15 is 0 Å². The van der Waals surface area contributed by atoms with Crippen LogP contribution in [0.4, 0.5) is 8.78 Å². The summed E-state index contributed by atoms with van der Waals surface area (Å²) < 4.78 is 31.3. The largest absolute Gasteiger partial charge is 0.467 e. The molecule has 0 aromatic carbocycles. The summed E-state index contributed by atoms with van der Waals surface area (Å²) in [6, 6.07) is 3.47. The molecule has 1 aliphatic heterocycles. The van der Waals surface area contributed by atoms with Crippen LogP contribution in [0, 0.1) is 12.3 Å². The van der Waals surface area contributed by atoms with Crippen LogP contribution >= 0.6 is 0 Å². The van der Waals surface area contributed by atoms with Crippen molar-refractivity contribution in [2.75, 3.05) is 13.7 Å². The first-order chi connectivity index (χ1) is 17.2. The topological polar surface area (TPSA) is 103 Å². The maximum absolute atomic E-state index is 13.6. The number of aryl methyl sites for hydroxylation is 1.